The van der Waals surface area contributed by atoms with Crippen LogP contribution in [0.15, 0.2) is 35.1 Å². The van der Waals surface area contributed by atoms with Gasteiger partial charge in [-0.05, 0) is 32.9 Å². The van der Waals surface area contributed by atoms with E-state index in [0.717, 1.165) is 11.3 Å². The quantitative estimate of drug-likeness (QED) is 0.902. The Kier molecular flexibility index (Phi) is 3.46. The summed E-state index contributed by atoms with van der Waals surface area (Å²) in [5, 5.41) is 0. The van der Waals surface area contributed by atoms with E-state index >= 15 is 0 Å². The van der Waals surface area contributed by atoms with Crippen molar-refractivity contribution in [2.24, 2.45) is 0 Å². The van der Waals surface area contributed by atoms with Crippen LogP contribution in [-0.4, -0.2) is 16.1 Å². The highest BCUT2D eigenvalue weighted by Crippen LogP contribution is 2.21. The molecule has 0 bridgehead atoms. The van der Waals surface area contributed by atoms with Crippen molar-refractivity contribution in [3.05, 3.63) is 46.4 Å². The van der Waals surface area contributed by atoms with Crippen molar-refractivity contribution in [1.29, 1.82) is 0 Å². The predicted octanol–water partition coefficient (Wildman–Crippen LogP) is 2.53. The fourth-order valence-corrected chi connectivity index (χ4v) is 1.70. The molecule has 4 heteroatoms. The molecule has 4 nitrogen and oxygen atoms in total. The van der Waals surface area contributed by atoms with E-state index in [1.807, 2.05) is 38.1 Å². The second kappa shape index (κ2) is 5.04. The van der Waals surface area contributed by atoms with Crippen molar-refractivity contribution in [3.63, 3.8) is 0 Å². The molecule has 2 aromatic rings. The molecule has 1 aromatic carbocycles. The molecule has 0 aliphatic carbocycles. The van der Waals surface area contributed by atoms with Crippen LogP contribution in [0.1, 0.15) is 19.5 Å². The molecule has 18 heavy (non-hydrogen) atoms. The van der Waals surface area contributed by atoms with Gasteiger partial charge in [0.15, 0.2) is 0 Å². The highest BCUT2D eigenvalue weighted by Gasteiger charge is 2.04. The summed E-state index contributed by atoms with van der Waals surface area (Å²) in [6.45, 7) is 5.74. The molecule has 0 fully saturated rings. The standard InChI is InChI=1S/C14H16N2O2/c1-9(2)18-12-6-4-5-11(8-12)14-15-10(3)7-13(17)16-14/h4-9H,1-3H3,(H,15,16,17). The average molecular weight is 244 g/mol. The Morgan fingerprint density at radius 2 is 2.06 bits per heavy atom. The molecule has 0 radical (unpaired) electrons. The lowest BCUT2D eigenvalue weighted by atomic mass is 10.2. The van der Waals surface area contributed by atoms with E-state index < -0.39 is 0 Å². The Labute approximate surface area is 106 Å². The van der Waals surface area contributed by atoms with Gasteiger partial charge in [-0.15, -0.1) is 0 Å². The Morgan fingerprint density at radius 1 is 1.28 bits per heavy atom. The highest BCUT2D eigenvalue weighted by atomic mass is 16.5. The first-order valence-electron chi connectivity index (χ1n) is 5.89. The summed E-state index contributed by atoms with van der Waals surface area (Å²) in [5.74, 6) is 1.33. The van der Waals surface area contributed by atoms with Crippen LogP contribution in [0, 0.1) is 6.92 Å². The lowest BCUT2D eigenvalue weighted by molar-refractivity contribution is 0.242. The normalized spacial score (nSPS) is 10.7. The van der Waals surface area contributed by atoms with Gasteiger partial charge in [-0.3, -0.25) is 4.79 Å². The van der Waals surface area contributed by atoms with Gasteiger partial charge in [-0.2, -0.15) is 0 Å². The number of rotatable bonds is 3. The van der Waals surface area contributed by atoms with Gasteiger partial charge in [-0.1, -0.05) is 12.1 Å². The van der Waals surface area contributed by atoms with Crippen molar-refractivity contribution in [1.82, 2.24) is 9.97 Å². The van der Waals surface area contributed by atoms with E-state index in [0.29, 0.717) is 11.5 Å². The van der Waals surface area contributed by atoms with Crippen molar-refractivity contribution in [3.8, 4) is 17.1 Å². The largest absolute Gasteiger partial charge is 0.491 e. The summed E-state index contributed by atoms with van der Waals surface area (Å²) in [5.41, 5.74) is 1.39. The summed E-state index contributed by atoms with van der Waals surface area (Å²) in [6, 6.07) is 9.01. The highest BCUT2D eigenvalue weighted by molar-refractivity contribution is 5.57. The van der Waals surface area contributed by atoms with Crippen molar-refractivity contribution in [2.45, 2.75) is 26.9 Å². The first-order valence-corrected chi connectivity index (χ1v) is 5.89. The van der Waals surface area contributed by atoms with Gasteiger partial charge in [0.25, 0.3) is 5.56 Å². The second-order valence-corrected chi connectivity index (χ2v) is 4.43. The van der Waals surface area contributed by atoms with Crippen molar-refractivity contribution < 1.29 is 4.74 Å². The van der Waals surface area contributed by atoms with Crippen LogP contribution in [0.5, 0.6) is 5.75 Å². The molecular formula is C14H16N2O2. The predicted molar refractivity (Wildman–Crippen MR) is 70.8 cm³/mol. The van der Waals surface area contributed by atoms with Crippen LogP contribution in [0.2, 0.25) is 0 Å². The van der Waals surface area contributed by atoms with Crippen LogP contribution < -0.4 is 10.3 Å². The molecule has 2 rings (SSSR count). The molecule has 0 spiro atoms. The van der Waals surface area contributed by atoms with E-state index in [1.54, 1.807) is 6.92 Å². The third-order valence-corrected chi connectivity index (χ3v) is 2.35. The van der Waals surface area contributed by atoms with Gasteiger partial charge in [0.1, 0.15) is 11.6 Å². The average Bonchev–Trinajstić information content (AvgIpc) is 2.27. The SMILES string of the molecule is Cc1cc(=O)[nH]c(-c2cccc(OC(C)C)c2)n1. The number of H-pyrrole nitrogens is 1. The van der Waals surface area contributed by atoms with Crippen LogP contribution in [-0.2, 0) is 0 Å². The van der Waals surface area contributed by atoms with E-state index in [1.165, 1.54) is 6.07 Å². The Morgan fingerprint density at radius 3 is 2.72 bits per heavy atom. The monoisotopic (exact) mass is 244 g/mol. The van der Waals surface area contributed by atoms with Gasteiger partial charge in [0.2, 0.25) is 0 Å². The zero-order chi connectivity index (χ0) is 13.1. The molecule has 0 aliphatic heterocycles. The fraction of sp³-hybridized carbons (Fsp3) is 0.286. The molecule has 0 atom stereocenters. The van der Waals surface area contributed by atoms with Crippen LogP contribution in [0.3, 0.4) is 0 Å². The zero-order valence-corrected chi connectivity index (χ0v) is 10.7. The minimum absolute atomic E-state index is 0.116. The first-order chi connectivity index (χ1) is 8.54. The summed E-state index contributed by atoms with van der Waals surface area (Å²) in [6.07, 6.45) is 0.116. The van der Waals surface area contributed by atoms with Crippen LogP contribution in [0.25, 0.3) is 11.4 Å². The van der Waals surface area contributed by atoms with E-state index in [2.05, 4.69) is 9.97 Å². The Bertz CT molecular complexity index is 603. The van der Waals surface area contributed by atoms with E-state index in [9.17, 15) is 4.79 Å². The lowest BCUT2D eigenvalue weighted by Crippen LogP contribution is -2.09. The Hall–Kier alpha value is -2.10. The number of hydrogen-bond donors (Lipinski definition) is 1. The molecule has 0 unspecified atom stereocenters. The van der Waals surface area contributed by atoms with Crippen molar-refractivity contribution in [2.75, 3.05) is 0 Å². The number of aromatic amines is 1. The van der Waals surface area contributed by atoms with E-state index in [4.69, 9.17) is 4.74 Å². The number of aromatic nitrogens is 2. The summed E-state index contributed by atoms with van der Waals surface area (Å²) in [4.78, 5) is 18.5. The van der Waals surface area contributed by atoms with Crippen LogP contribution in [0.4, 0.5) is 0 Å². The van der Waals surface area contributed by atoms with Crippen molar-refractivity contribution >= 4 is 0 Å². The topological polar surface area (TPSA) is 55.0 Å². The number of hydrogen-bond acceptors (Lipinski definition) is 3. The molecule has 0 saturated heterocycles. The third kappa shape index (κ3) is 2.97. The molecule has 1 aromatic heterocycles. The lowest BCUT2D eigenvalue weighted by Gasteiger charge is -2.10. The van der Waals surface area contributed by atoms with Gasteiger partial charge < -0.3 is 9.72 Å². The zero-order valence-electron chi connectivity index (χ0n) is 10.7. The van der Waals surface area contributed by atoms with Gasteiger partial charge in [0.05, 0.1) is 6.10 Å². The van der Waals surface area contributed by atoms with Gasteiger partial charge in [0, 0.05) is 17.3 Å². The number of nitrogens with zero attached hydrogens (tertiary/aromatic N) is 1. The molecule has 0 saturated carbocycles. The third-order valence-electron chi connectivity index (χ3n) is 2.35. The summed E-state index contributed by atoms with van der Waals surface area (Å²) >= 11 is 0. The summed E-state index contributed by atoms with van der Waals surface area (Å²) < 4.78 is 5.62. The summed E-state index contributed by atoms with van der Waals surface area (Å²) in [7, 11) is 0. The maximum absolute atomic E-state index is 11.4. The molecule has 0 aliphatic rings. The minimum atomic E-state index is -0.146. The number of ether oxygens (including phenoxy) is 1. The maximum atomic E-state index is 11.4. The maximum Gasteiger partial charge on any atom is 0.251 e. The molecule has 1 heterocycles. The smallest absolute Gasteiger partial charge is 0.251 e. The molecule has 94 valence electrons. The van der Waals surface area contributed by atoms with Crippen LogP contribution >= 0.6 is 0 Å². The van der Waals surface area contributed by atoms with Gasteiger partial charge >= 0.3 is 0 Å². The second-order valence-electron chi connectivity index (χ2n) is 4.43. The molecule has 0 amide bonds. The number of nitrogens with one attached hydrogen (secondary N) is 1. The van der Waals surface area contributed by atoms with E-state index in [-0.39, 0.29) is 11.7 Å². The Balaban J connectivity index is 2.41. The van der Waals surface area contributed by atoms with Gasteiger partial charge in [-0.25, -0.2) is 4.98 Å². The molecular weight excluding hydrogens is 228 g/mol. The number of benzene rings is 1. The molecule has 1 N–H and O–H groups in total. The minimum Gasteiger partial charge on any atom is -0.491 e. The number of aryl methyl sites for hydroxylation is 1. The fourth-order valence-electron chi connectivity index (χ4n) is 1.70. The first kappa shape index (κ1) is 12.4.